The van der Waals surface area contributed by atoms with Crippen LogP contribution in [0, 0.1) is 5.82 Å². The first-order valence-electron chi connectivity index (χ1n) is 8.95. The Morgan fingerprint density at radius 1 is 1.11 bits per heavy atom. The number of guanidine groups is 1. The molecule has 1 fully saturated rings. The van der Waals surface area contributed by atoms with E-state index in [2.05, 4.69) is 39.9 Å². The highest BCUT2D eigenvalue weighted by Gasteiger charge is 2.44. The summed E-state index contributed by atoms with van der Waals surface area (Å²) in [6.45, 7) is 1.41. The minimum Gasteiger partial charge on any atom is -0.375 e. The number of hydrogen-bond donors (Lipinski definition) is 2. The maximum Gasteiger partial charge on any atom is 0.191 e. The smallest absolute Gasteiger partial charge is 0.191 e. The van der Waals surface area contributed by atoms with Crippen LogP contribution >= 0.6 is 24.0 Å². The SMILES string of the molecule is CN=C(NCC(OC)c1ccc(F)cc1)NCC1(c2ccccc2)CC1.I. The Morgan fingerprint density at radius 3 is 2.33 bits per heavy atom. The molecule has 2 aromatic rings. The van der Waals surface area contributed by atoms with E-state index >= 15 is 0 Å². The van der Waals surface area contributed by atoms with Gasteiger partial charge in [-0.2, -0.15) is 0 Å². The van der Waals surface area contributed by atoms with Crippen molar-refractivity contribution in [1.82, 2.24) is 10.6 Å². The first kappa shape index (κ1) is 21.6. The van der Waals surface area contributed by atoms with E-state index < -0.39 is 0 Å². The standard InChI is InChI=1S/C21H26FN3O.HI/c1-23-20(24-14-19(26-2)16-8-10-18(22)11-9-16)25-15-21(12-13-21)17-6-4-3-5-7-17;/h3-11,19H,12-15H2,1-2H3,(H2,23,24,25);1H. The van der Waals surface area contributed by atoms with Crippen LogP contribution in [0.3, 0.4) is 0 Å². The van der Waals surface area contributed by atoms with Crippen molar-refractivity contribution in [2.75, 3.05) is 27.2 Å². The van der Waals surface area contributed by atoms with E-state index in [9.17, 15) is 4.39 Å². The number of rotatable bonds is 7. The number of benzene rings is 2. The maximum absolute atomic E-state index is 13.1. The van der Waals surface area contributed by atoms with Crippen LogP contribution in [0.2, 0.25) is 0 Å². The molecule has 0 saturated heterocycles. The topological polar surface area (TPSA) is 45.7 Å². The molecule has 1 aliphatic carbocycles. The van der Waals surface area contributed by atoms with Crippen LogP contribution in [0.5, 0.6) is 0 Å². The lowest BCUT2D eigenvalue weighted by Gasteiger charge is -2.21. The summed E-state index contributed by atoms with van der Waals surface area (Å²) in [6.07, 6.45) is 2.22. The summed E-state index contributed by atoms with van der Waals surface area (Å²) >= 11 is 0. The van der Waals surface area contributed by atoms with E-state index in [0.29, 0.717) is 6.54 Å². The largest absolute Gasteiger partial charge is 0.375 e. The summed E-state index contributed by atoms with van der Waals surface area (Å²) < 4.78 is 18.6. The molecule has 0 heterocycles. The zero-order valence-electron chi connectivity index (χ0n) is 15.7. The first-order valence-corrected chi connectivity index (χ1v) is 8.95. The van der Waals surface area contributed by atoms with Gasteiger partial charge in [0.1, 0.15) is 5.82 Å². The number of nitrogens with one attached hydrogen (secondary N) is 2. The van der Waals surface area contributed by atoms with Crippen LogP contribution in [0.25, 0.3) is 0 Å². The second-order valence-electron chi connectivity index (χ2n) is 6.73. The van der Waals surface area contributed by atoms with Gasteiger partial charge in [0.05, 0.1) is 6.10 Å². The zero-order chi connectivity index (χ0) is 18.4. The molecule has 0 spiro atoms. The predicted molar refractivity (Wildman–Crippen MR) is 118 cm³/mol. The maximum atomic E-state index is 13.1. The van der Waals surface area contributed by atoms with Gasteiger partial charge in [-0.25, -0.2) is 4.39 Å². The van der Waals surface area contributed by atoms with Crippen molar-refractivity contribution < 1.29 is 9.13 Å². The van der Waals surface area contributed by atoms with E-state index in [1.54, 1.807) is 26.3 Å². The van der Waals surface area contributed by atoms with E-state index in [1.165, 1.54) is 30.5 Å². The van der Waals surface area contributed by atoms with Gasteiger partial charge >= 0.3 is 0 Å². The third kappa shape index (κ3) is 5.65. The molecular weight excluding hydrogens is 456 g/mol. The Hall–Kier alpha value is -1.67. The van der Waals surface area contributed by atoms with Crippen molar-refractivity contribution >= 4 is 29.9 Å². The third-order valence-corrected chi connectivity index (χ3v) is 5.04. The van der Waals surface area contributed by atoms with E-state index in [1.807, 2.05) is 6.07 Å². The van der Waals surface area contributed by atoms with Crippen LogP contribution in [0.1, 0.15) is 30.1 Å². The van der Waals surface area contributed by atoms with Crippen molar-refractivity contribution in [3.63, 3.8) is 0 Å². The summed E-state index contributed by atoms with van der Waals surface area (Å²) in [5.74, 6) is 0.501. The van der Waals surface area contributed by atoms with Gasteiger partial charge in [-0.05, 0) is 36.1 Å². The number of nitrogens with zero attached hydrogens (tertiary/aromatic N) is 1. The molecule has 1 unspecified atom stereocenters. The van der Waals surface area contributed by atoms with Crippen LogP contribution in [0.4, 0.5) is 4.39 Å². The quantitative estimate of drug-likeness (QED) is 0.355. The van der Waals surface area contributed by atoms with Gasteiger partial charge in [0.15, 0.2) is 5.96 Å². The molecule has 27 heavy (non-hydrogen) atoms. The van der Waals surface area contributed by atoms with Gasteiger partial charge in [-0.3, -0.25) is 4.99 Å². The molecule has 0 amide bonds. The van der Waals surface area contributed by atoms with Crippen molar-refractivity contribution in [1.29, 1.82) is 0 Å². The van der Waals surface area contributed by atoms with Gasteiger partial charge in [0.2, 0.25) is 0 Å². The first-order chi connectivity index (χ1) is 12.7. The third-order valence-electron chi connectivity index (χ3n) is 5.04. The highest BCUT2D eigenvalue weighted by Crippen LogP contribution is 2.47. The number of halogens is 2. The van der Waals surface area contributed by atoms with Crippen LogP contribution < -0.4 is 10.6 Å². The van der Waals surface area contributed by atoms with Crippen molar-refractivity contribution in [2.24, 2.45) is 4.99 Å². The lowest BCUT2D eigenvalue weighted by Crippen LogP contribution is -2.42. The minimum atomic E-state index is -0.246. The number of methoxy groups -OCH3 is 1. The minimum absolute atomic E-state index is 0. The molecule has 0 aromatic heterocycles. The van der Waals surface area contributed by atoms with E-state index in [0.717, 1.165) is 18.1 Å². The lowest BCUT2D eigenvalue weighted by molar-refractivity contribution is 0.106. The molecule has 146 valence electrons. The molecule has 1 atom stereocenters. The fourth-order valence-corrected chi connectivity index (χ4v) is 3.19. The summed E-state index contributed by atoms with van der Waals surface area (Å²) in [5, 5.41) is 6.74. The van der Waals surface area contributed by atoms with Gasteiger partial charge < -0.3 is 15.4 Å². The Kier molecular flexibility index (Phi) is 8.04. The Labute approximate surface area is 177 Å². The van der Waals surface area contributed by atoms with Gasteiger partial charge in [-0.1, -0.05) is 42.5 Å². The molecule has 0 aliphatic heterocycles. The predicted octanol–water partition coefficient (Wildman–Crippen LogP) is 4.03. The van der Waals surface area contributed by atoms with Crippen molar-refractivity contribution in [3.8, 4) is 0 Å². The molecule has 6 heteroatoms. The molecule has 0 bridgehead atoms. The molecule has 3 rings (SSSR count). The summed E-state index contributed by atoms with van der Waals surface area (Å²) in [7, 11) is 3.41. The van der Waals surface area contributed by atoms with Crippen molar-refractivity contribution in [2.45, 2.75) is 24.4 Å². The molecule has 1 aliphatic rings. The summed E-state index contributed by atoms with van der Waals surface area (Å²) in [4.78, 5) is 4.31. The molecule has 0 radical (unpaired) electrons. The highest BCUT2D eigenvalue weighted by atomic mass is 127. The Morgan fingerprint density at radius 2 is 1.78 bits per heavy atom. The van der Waals surface area contributed by atoms with Gasteiger partial charge in [0, 0.05) is 32.7 Å². The summed E-state index contributed by atoms with van der Waals surface area (Å²) in [5.41, 5.74) is 2.53. The average Bonchev–Trinajstić information content (AvgIpc) is 3.48. The zero-order valence-corrected chi connectivity index (χ0v) is 18.1. The highest BCUT2D eigenvalue weighted by molar-refractivity contribution is 14.0. The molecule has 1 saturated carbocycles. The fraction of sp³-hybridized carbons (Fsp3) is 0.381. The molecule has 2 N–H and O–H groups in total. The molecular formula is C21H27FIN3O. The number of ether oxygens (including phenoxy) is 1. The van der Waals surface area contributed by atoms with Crippen LogP contribution in [-0.2, 0) is 10.2 Å². The van der Waals surface area contributed by atoms with E-state index in [4.69, 9.17) is 4.74 Å². The van der Waals surface area contributed by atoms with Gasteiger partial charge in [-0.15, -0.1) is 24.0 Å². The fourth-order valence-electron chi connectivity index (χ4n) is 3.19. The normalized spacial score (nSPS) is 16.2. The van der Waals surface area contributed by atoms with Crippen LogP contribution in [-0.4, -0.2) is 33.2 Å². The second kappa shape index (κ2) is 10.0. The molecule has 2 aromatic carbocycles. The summed E-state index contributed by atoms with van der Waals surface area (Å²) in [6, 6.07) is 17.0. The monoisotopic (exact) mass is 483 g/mol. The average molecular weight is 483 g/mol. The number of aliphatic imine (C=N–C) groups is 1. The van der Waals surface area contributed by atoms with Gasteiger partial charge in [0.25, 0.3) is 0 Å². The van der Waals surface area contributed by atoms with E-state index in [-0.39, 0.29) is 41.3 Å². The number of hydrogen-bond acceptors (Lipinski definition) is 2. The molecule has 4 nitrogen and oxygen atoms in total. The van der Waals surface area contributed by atoms with Crippen LogP contribution in [0.15, 0.2) is 59.6 Å². The van der Waals surface area contributed by atoms with Crippen molar-refractivity contribution in [3.05, 3.63) is 71.5 Å². The second-order valence-corrected chi connectivity index (χ2v) is 6.73. The Balaban J connectivity index is 0.00000261. The lowest BCUT2D eigenvalue weighted by atomic mass is 9.96. The Bertz CT molecular complexity index is 733.